The van der Waals surface area contributed by atoms with Crippen LogP contribution in [0.3, 0.4) is 0 Å². The summed E-state index contributed by atoms with van der Waals surface area (Å²) in [6.45, 7) is 21.7. The van der Waals surface area contributed by atoms with Gasteiger partial charge in [0.25, 0.3) is 0 Å². The summed E-state index contributed by atoms with van der Waals surface area (Å²) in [4.78, 5) is 27.1. The predicted molar refractivity (Wildman–Crippen MR) is 140 cm³/mol. The van der Waals surface area contributed by atoms with E-state index in [2.05, 4.69) is 48.1 Å². The van der Waals surface area contributed by atoms with Crippen LogP contribution < -0.4 is 0 Å². The van der Waals surface area contributed by atoms with E-state index in [0.29, 0.717) is 28.7 Å². The summed E-state index contributed by atoms with van der Waals surface area (Å²) in [5.74, 6) is -0.485. The molecule has 0 unspecified atom stereocenters. The quantitative estimate of drug-likeness (QED) is 0.174. The van der Waals surface area contributed by atoms with Crippen molar-refractivity contribution in [3.8, 4) is 0 Å². The molecule has 1 aromatic rings. The molecule has 34 heavy (non-hydrogen) atoms. The second kappa shape index (κ2) is 13.7. The van der Waals surface area contributed by atoms with Crippen molar-refractivity contribution in [2.75, 3.05) is 13.7 Å². The number of carbonyl (C=O) groups excluding carboxylic acids is 2. The van der Waals surface area contributed by atoms with E-state index < -0.39 is 26.4 Å². The molecule has 2 atom stereocenters. The van der Waals surface area contributed by atoms with Crippen LogP contribution in [0.4, 0.5) is 4.79 Å². The highest BCUT2D eigenvalue weighted by Gasteiger charge is 2.48. The average Bonchev–Trinajstić information content (AvgIpc) is 2.78. The van der Waals surface area contributed by atoms with Crippen molar-refractivity contribution in [3.05, 3.63) is 48.0 Å². The van der Waals surface area contributed by atoms with Crippen molar-refractivity contribution in [2.45, 2.75) is 97.1 Å². The summed E-state index contributed by atoms with van der Waals surface area (Å²) in [7, 11) is -0.919. The maximum atomic E-state index is 13.2. The standard InChI is InChI=1S/C27H45NO5Si/c1-11-32-27(30)28(18-24-15-13-12-14-16-24)25(17-22(8)26(29)31-10)23(9)33-34(19(2)3,20(4)5)21(6)7/h12-16,19-21,23,25H,8,11,17-18H2,1-7,9-10H3/t23-,25-/m0/s1. The molecule has 0 heterocycles. The summed E-state index contributed by atoms with van der Waals surface area (Å²) in [6, 6.07) is 9.31. The van der Waals surface area contributed by atoms with E-state index >= 15 is 0 Å². The maximum absolute atomic E-state index is 13.2. The summed E-state index contributed by atoms with van der Waals surface area (Å²) >= 11 is 0. The molecule has 0 saturated carbocycles. The third kappa shape index (κ3) is 7.44. The van der Waals surface area contributed by atoms with Gasteiger partial charge in [-0.05, 0) is 36.0 Å². The Hall–Kier alpha value is -2.12. The number of methoxy groups -OCH3 is 1. The van der Waals surface area contributed by atoms with Crippen LogP contribution >= 0.6 is 0 Å². The minimum absolute atomic E-state index is 0.234. The molecule has 0 spiro atoms. The van der Waals surface area contributed by atoms with Gasteiger partial charge in [0.1, 0.15) is 0 Å². The van der Waals surface area contributed by atoms with Crippen molar-refractivity contribution in [2.24, 2.45) is 0 Å². The van der Waals surface area contributed by atoms with Crippen molar-refractivity contribution in [1.29, 1.82) is 0 Å². The fraction of sp³-hybridized carbons (Fsp3) is 0.630. The number of carbonyl (C=O) groups is 2. The van der Waals surface area contributed by atoms with Gasteiger partial charge >= 0.3 is 12.1 Å². The van der Waals surface area contributed by atoms with Crippen LogP contribution in [0.2, 0.25) is 16.6 Å². The topological polar surface area (TPSA) is 65.1 Å². The molecule has 1 rings (SSSR count). The first-order valence-electron chi connectivity index (χ1n) is 12.3. The molecule has 0 bridgehead atoms. The lowest BCUT2D eigenvalue weighted by atomic mass is 10.0. The summed E-state index contributed by atoms with van der Waals surface area (Å²) in [5.41, 5.74) is 2.41. The zero-order valence-corrected chi connectivity index (χ0v) is 23.6. The summed E-state index contributed by atoms with van der Waals surface area (Å²) in [6.07, 6.45) is -0.540. The Morgan fingerprint density at radius 2 is 1.50 bits per heavy atom. The largest absolute Gasteiger partial charge is 0.466 e. The lowest BCUT2D eigenvalue weighted by Gasteiger charge is -2.46. The molecule has 0 radical (unpaired) electrons. The van der Waals surface area contributed by atoms with Crippen LogP contribution in [0.5, 0.6) is 0 Å². The van der Waals surface area contributed by atoms with Crippen LogP contribution in [0.25, 0.3) is 0 Å². The number of ether oxygens (including phenoxy) is 2. The van der Waals surface area contributed by atoms with Gasteiger partial charge < -0.3 is 13.9 Å². The van der Waals surface area contributed by atoms with Gasteiger partial charge in [0, 0.05) is 18.5 Å². The van der Waals surface area contributed by atoms with E-state index in [1.807, 2.05) is 37.3 Å². The van der Waals surface area contributed by atoms with E-state index in [0.717, 1.165) is 5.56 Å². The number of rotatable bonds is 13. The maximum Gasteiger partial charge on any atom is 0.410 e. The first-order chi connectivity index (χ1) is 15.9. The van der Waals surface area contributed by atoms with E-state index in [1.165, 1.54) is 7.11 Å². The van der Waals surface area contributed by atoms with Crippen molar-refractivity contribution < 1.29 is 23.5 Å². The lowest BCUT2D eigenvalue weighted by Crippen LogP contribution is -2.55. The zero-order valence-electron chi connectivity index (χ0n) is 22.6. The molecular weight excluding hydrogens is 446 g/mol. The van der Waals surface area contributed by atoms with Gasteiger partial charge in [-0.25, -0.2) is 9.59 Å². The molecular formula is C27H45NO5Si. The molecule has 0 aromatic heterocycles. The Morgan fingerprint density at radius 1 is 0.971 bits per heavy atom. The van der Waals surface area contributed by atoms with Gasteiger partial charge in [-0.1, -0.05) is 78.5 Å². The SMILES string of the molecule is C=C(C[C@@H]([C@H](C)O[Si](C(C)C)(C(C)C)C(C)C)N(Cc1ccccc1)C(=O)OCC)C(=O)OC. The van der Waals surface area contributed by atoms with E-state index in [1.54, 1.807) is 11.8 Å². The normalized spacial score (nSPS) is 13.6. The predicted octanol–water partition coefficient (Wildman–Crippen LogP) is 6.71. The molecule has 1 aromatic carbocycles. The number of esters is 1. The molecule has 0 saturated heterocycles. The third-order valence-corrected chi connectivity index (χ3v) is 12.9. The molecule has 0 fully saturated rings. The van der Waals surface area contributed by atoms with Crippen molar-refractivity contribution >= 4 is 20.4 Å². The molecule has 192 valence electrons. The Morgan fingerprint density at radius 3 is 1.94 bits per heavy atom. The van der Waals surface area contributed by atoms with Gasteiger partial charge in [0.05, 0.1) is 25.9 Å². The van der Waals surface area contributed by atoms with Crippen LogP contribution in [-0.2, 0) is 25.2 Å². The monoisotopic (exact) mass is 491 g/mol. The summed E-state index contributed by atoms with van der Waals surface area (Å²) < 4.78 is 17.4. The fourth-order valence-corrected chi connectivity index (χ4v) is 10.7. The first kappa shape index (κ1) is 29.9. The number of hydrogen-bond donors (Lipinski definition) is 0. The first-order valence-corrected chi connectivity index (χ1v) is 14.5. The molecule has 7 heteroatoms. The zero-order chi connectivity index (χ0) is 26.1. The highest BCUT2D eigenvalue weighted by atomic mass is 28.4. The molecule has 0 aliphatic rings. The molecule has 0 aliphatic heterocycles. The van der Waals surface area contributed by atoms with Gasteiger partial charge in [0.15, 0.2) is 0 Å². The third-order valence-electron chi connectivity index (χ3n) is 6.67. The van der Waals surface area contributed by atoms with Gasteiger partial charge in [-0.15, -0.1) is 0 Å². The van der Waals surface area contributed by atoms with E-state index in [4.69, 9.17) is 13.9 Å². The van der Waals surface area contributed by atoms with Crippen molar-refractivity contribution in [3.63, 3.8) is 0 Å². The highest BCUT2D eigenvalue weighted by Crippen LogP contribution is 2.43. The van der Waals surface area contributed by atoms with Crippen LogP contribution in [0.15, 0.2) is 42.5 Å². The molecule has 6 nitrogen and oxygen atoms in total. The van der Waals surface area contributed by atoms with Gasteiger partial charge in [0.2, 0.25) is 8.32 Å². The van der Waals surface area contributed by atoms with Crippen molar-refractivity contribution in [1.82, 2.24) is 4.90 Å². The number of benzene rings is 1. The number of amides is 1. The molecule has 0 aliphatic carbocycles. The Kier molecular flexibility index (Phi) is 12.0. The Bertz CT molecular complexity index is 772. The summed E-state index contributed by atoms with van der Waals surface area (Å²) in [5, 5.41) is 0. The Balaban J connectivity index is 3.50. The second-order valence-corrected chi connectivity index (χ2v) is 15.2. The lowest BCUT2D eigenvalue weighted by molar-refractivity contribution is -0.136. The minimum Gasteiger partial charge on any atom is -0.466 e. The van der Waals surface area contributed by atoms with Gasteiger partial charge in [-0.3, -0.25) is 4.90 Å². The van der Waals surface area contributed by atoms with E-state index in [9.17, 15) is 9.59 Å². The molecule has 1 amide bonds. The second-order valence-electron chi connectivity index (χ2n) is 9.82. The van der Waals surface area contributed by atoms with Crippen LogP contribution in [0.1, 0.15) is 67.4 Å². The van der Waals surface area contributed by atoms with E-state index in [-0.39, 0.29) is 19.1 Å². The average molecular weight is 492 g/mol. The molecule has 0 N–H and O–H groups in total. The Labute approximate surface area is 207 Å². The van der Waals surface area contributed by atoms with Crippen LogP contribution in [0, 0.1) is 0 Å². The highest BCUT2D eigenvalue weighted by molar-refractivity contribution is 6.77. The number of hydrogen-bond acceptors (Lipinski definition) is 5. The fourth-order valence-electron chi connectivity index (χ4n) is 5.12. The van der Waals surface area contributed by atoms with Crippen LogP contribution in [-0.4, -0.2) is 51.1 Å². The van der Waals surface area contributed by atoms with Gasteiger partial charge in [-0.2, -0.15) is 0 Å². The smallest absolute Gasteiger partial charge is 0.410 e. The number of nitrogens with zero attached hydrogens (tertiary/aromatic N) is 1. The minimum atomic E-state index is -2.26.